The van der Waals surface area contributed by atoms with Crippen molar-refractivity contribution in [1.29, 1.82) is 0 Å². The predicted molar refractivity (Wildman–Crippen MR) is 117 cm³/mol. The van der Waals surface area contributed by atoms with Gasteiger partial charge in [-0.1, -0.05) is 13.3 Å². The van der Waals surface area contributed by atoms with E-state index < -0.39 is 22.4 Å². The SMILES string of the molecule is CCCCN(C(=O)COC(=O)c1ccc(OCc2cscn2)cc1)C1CCS(=O)(=O)C1. The van der Waals surface area contributed by atoms with Crippen molar-refractivity contribution in [2.75, 3.05) is 24.7 Å². The molecule has 1 aliphatic heterocycles. The number of ether oxygens (including phenoxy) is 2. The first-order chi connectivity index (χ1) is 14.9. The molecule has 1 aromatic carbocycles. The van der Waals surface area contributed by atoms with E-state index in [9.17, 15) is 18.0 Å². The Morgan fingerprint density at radius 2 is 2.03 bits per heavy atom. The fraction of sp³-hybridized carbons (Fsp3) is 0.476. The highest BCUT2D eigenvalue weighted by Gasteiger charge is 2.34. The van der Waals surface area contributed by atoms with Gasteiger partial charge in [-0.15, -0.1) is 11.3 Å². The van der Waals surface area contributed by atoms with Gasteiger partial charge < -0.3 is 14.4 Å². The summed E-state index contributed by atoms with van der Waals surface area (Å²) in [7, 11) is -3.11. The fourth-order valence-electron chi connectivity index (χ4n) is 3.31. The summed E-state index contributed by atoms with van der Waals surface area (Å²) in [5.41, 5.74) is 2.86. The van der Waals surface area contributed by atoms with Gasteiger partial charge in [-0.3, -0.25) is 4.79 Å². The Hall–Kier alpha value is -2.46. The normalized spacial score (nSPS) is 17.3. The molecule has 2 heterocycles. The number of carbonyl (C=O) groups is 2. The molecule has 1 fully saturated rings. The van der Waals surface area contributed by atoms with Crippen molar-refractivity contribution in [1.82, 2.24) is 9.88 Å². The lowest BCUT2D eigenvalue weighted by Crippen LogP contribution is -2.43. The zero-order valence-corrected chi connectivity index (χ0v) is 19.0. The highest BCUT2D eigenvalue weighted by Crippen LogP contribution is 2.19. The maximum atomic E-state index is 12.7. The van der Waals surface area contributed by atoms with Crippen LogP contribution in [-0.4, -0.2) is 60.9 Å². The maximum Gasteiger partial charge on any atom is 0.338 e. The minimum absolute atomic E-state index is 0.0290. The molecule has 168 valence electrons. The zero-order valence-electron chi connectivity index (χ0n) is 17.4. The zero-order chi connectivity index (χ0) is 22.3. The van der Waals surface area contributed by atoms with Gasteiger partial charge in [0.05, 0.1) is 28.3 Å². The van der Waals surface area contributed by atoms with Crippen molar-refractivity contribution >= 4 is 33.1 Å². The number of hydrogen-bond acceptors (Lipinski definition) is 8. The van der Waals surface area contributed by atoms with Crippen LogP contribution in [0.15, 0.2) is 35.2 Å². The summed E-state index contributed by atoms with van der Waals surface area (Å²) in [6.45, 7) is 2.38. The van der Waals surface area contributed by atoms with E-state index in [1.807, 2.05) is 12.3 Å². The Morgan fingerprint density at radius 3 is 2.65 bits per heavy atom. The highest BCUT2D eigenvalue weighted by molar-refractivity contribution is 7.91. The molecule has 31 heavy (non-hydrogen) atoms. The topological polar surface area (TPSA) is 103 Å². The van der Waals surface area contributed by atoms with Gasteiger partial charge in [0.2, 0.25) is 0 Å². The molecule has 1 saturated heterocycles. The van der Waals surface area contributed by atoms with Crippen molar-refractivity contribution in [2.24, 2.45) is 0 Å². The molecule has 10 heteroatoms. The number of aromatic nitrogens is 1. The maximum absolute atomic E-state index is 12.7. The molecule has 0 spiro atoms. The number of amides is 1. The van der Waals surface area contributed by atoms with Gasteiger partial charge >= 0.3 is 5.97 Å². The highest BCUT2D eigenvalue weighted by atomic mass is 32.2. The summed E-state index contributed by atoms with van der Waals surface area (Å²) in [5, 5.41) is 1.90. The molecule has 0 N–H and O–H groups in total. The van der Waals surface area contributed by atoms with Gasteiger partial charge in [0.25, 0.3) is 5.91 Å². The summed E-state index contributed by atoms with van der Waals surface area (Å²) in [4.78, 5) is 30.7. The Bertz CT molecular complexity index is 974. The Morgan fingerprint density at radius 1 is 1.26 bits per heavy atom. The average Bonchev–Trinajstić information content (AvgIpc) is 3.40. The number of rotatable bonds is 10. The fourth-order valence-corrected chi connectivity index (χ4v) is 5.58. The molecule has 0 saturated carbocycles. The molecule has 0 aliphatic carbocycles. The molecule has 1 aliphatic rings. The molecule has 2 aromatic rings. The van der Waals surface area contributed by atoms with Crippen LogP contribution in [0, 0.1) is 0 Å². The molecule has 1 atom stereocenters. The first-order valence-electron chi connectivity index (χ1n) is 10.1. The Balaban J connectivity index is 1.52. The van der Waals surface area contributed by atoms with Crippen LogP contribution in [0.3, 0.4) is 0 Å². The van der Waals surface area contributed by atoms with Crippen molar-refractivity contribution in [3.05, 3.63) is 46.4 Å². The van der Waals surface area contributed by atoms with E-state index in [0.717, 1.165) is 18.5 Å². The van der Waals surface area contributed by atoms with Crippen LogP contribution in [0.2, 0.25) is 0 Å². The van der Waals surface area contributed by atoms with Crippen LogP contribution >= 0.6 is 11.3 Å². The molecule has 1 amide bonds. The van der Waals surface area contributed by atoms with Crippen molar-refractivity contribution in [2.45, 2.75) is 38.8 Å². The van der Waals surface area contributed by atoms with Crippen molar-refractivity contribution in [3.8, 4) is 5.75 Å². The third-order valence-electron chi connectivity index (χ3n) is 5.01. The van der Waals surface area contributed by atoms with Gasteiger partial charge in [0.15, 0.2) is 16.4 Å². The number of nitrogens with zero attached hydrogens (tertiary/aromatic N) is 2. The van der Waals surface area contributed by atoms with E-state index in [-0.39, 0.29) is 23.5 Å². The van der Waals surface area contributed by atoms with Gasteiger partial charge in [0.1, 0.15) is 12.4 Å². The quantitative estimate of drug-likeness (QED) is 0.496. The molecular formula is C21H26N2O6S2. The smallest absolute Gasteiger partial charge is 0.338 e. The van der Waals surface area contributed by atoms with E-state index in [0.29, 0.717) is 30.9 Å². The number of sulfone groups is 1. The molecule has 3 rings (SSSR count). The Kier molecular flexibility index (Phi) is 8.03. The van der Waals surface area contributed by atoms with Gasteiger partial charge in [0, 0.05) is 18.0 Å². The second-order valence-corrected chi connectivity index (χ2v) is 10.3. The van der Waals surface area contributed by atoms with Crippen LogP contribution in [-0.2, 0) is 26.0 Å². The first-order valence-corrected chi connectivity index (χ1v) is 12.9. The molecule has 8 nitrogen and oxygen atoms in total. The first kappa shape index (κ1) is 23.2. The van der Waals surface area contributed by atoms with Crippen LogP contribution in [0.1, 0.15) is 42.2 Å². The lowest BCUT2D eigenvalue weighted by atomic mass is 10.2. The largest absolute Gasteiger partial charge is 0.487 e. The van der Waals surface area contributed by atoms with E-state index in [1.165, 1.54) is 11.3 Å². The van der Waals surface area contributed by atoms with E-state index in [2.05, 4.69) is 4.98 Å². The molecular weight excluding hydrogens is 440 g/mol. The molecule has 1 aromatic heterocycles. The molecule has 0 radical (unpaired) electrons. The molecule has 0 bridgehead atoms. The van der Waals surface area contributed by atoms with Crippen LogP contribution in [0.25, 0.3) is 0 Å². The number of hydrogen-bond donors (Lipinski definition) is 0. The summed E-state index contributed by atoms with van der Waals surface area (Å²) >= 11 is 1.49. The van der Waals surface area contributed by atoms with Gasteiger partial charge in [-0.25, -0.2) is 18.2 Å². The number of thiazole rings is 1. The Labute approximate surface area is 186 Å². The third kappa shape index (κ3) is 6.76. The van der Waals surface area contributed by atoms with E-state index in [1.54, 1.807) is 34.7 Å². The minimum Gasteiger partial charge on any atom is -0.487 e. The van der Waals surface area contributed by atoms with Gasteiger partial charge in [-0.2, -0.15) is 0 Å². The van der Waals surface area contributed by atoms with Crippen LogP contribution < -0.4 is 4.74 Å². The lowest BCUT2D eigenvalue weighted by molar-refractivity contribution is -0.136. The molecule has 1 unspecified atom stereocenters. The van der Waals surface area contributed by atoms with Crippen LogP contribution in [0.5, 0.6) is 5.75 Å². The second kappa shape index (κ2) is 10.7. The number of esters is 1. The number of unbranched alkanes of at least 4 members (excludes halogenated alkanes) is 1. The lowest BCUT2D eigenvalue weighted by Gasteiger charge is -2.28. The van der Waals surface area contributed by atoms with Gasteiger partial charge in [-0.05, 0) is 37.1 Å². The van der Waals surface area contributed by atoms with E-state index >= 15 is 0 Å². The van der Waals surface area contributed by atoms with Crippen LogP contribution in [0.4, 0.5) is 0 Å². The minimum atomic E-state index is -3.11. The third-order valence-corrected chi connectivity index (χ3v) is 7.39. The van der Waals surface area contributed by atoms with Crippen molar-refractivity contribution < 1.29 is 27.5 Å². The standard InChI is InChI=1S/C21H26N2O6S2/c1-2-3-9-23(18-8-10-31(26,27)14-18)20(24)12-29-21(25)16-4-6-19(7-5-16)28-11-17-13-30-15-22-17/h4-7,13,15,18H,2-3,8-12,14H2,1H3. The predicted octanol–water partition coefficient (Wildman–Crippen LogP) is 2.69. The average molecular weight is 467 g/mol. The number of benzene rings is 1. The summed E-state index contributed by atoms with van der Waals surface area (Å²) < 4.78 is 34.4. The second-order valence-electron chi connectivity index (χ2n) is 7.37. The summed E-state index contributed by atoms with van der Waals surface area (Å²) in [6, 6.07) is 6.10. The van der Waals surface area contributed by atoms with E-state index in [4.69, 9.17) is 9.47 Å². The number of carbonyl (C=O) groups excluding carboxylic acids is 2. The summed E-state index contributed by atoms with van der Waals surface area (Å²) in [5.74, 6) is -0.335. The van der Waals surface area contributed by atoms with Crippen molar-refractivity contribution in [3.63, 3.8) is 0 Å². The monoisotopic (exact) mass is 466 g/mol. The summed E-state index contributed by atoms with van der Waals surface area (Å²) in [6.07, 6.45) is 2.06.